The van der Waals surface area contributed by atoms with Crippen molar-refractivity contribution in [3.8, 4) is 78.4 Å². The highest BCUT2D eigenvalue weighted by Gasteiger charge is 2.34. The van der Waals surface area contributed by atoms with Crippen LogP contribution in [0.4, 0.5) is 0 Å². The van der Waals surface area contributed by atoms with Crippen LogP contribution in [0.2, 0.25) is 0 Å². The molecule has 0 radical (unpaired) electrons. The number of benzene rings is 8. The third-order valence-electron chi connectivity index (χ3n) is 10.8. The van der Waals surface area contributed by atoms with Gasteiger partial charge in [-0.2, -0.15) is 0 Å². The number of rotatable bonds is 6. The van der Waals surface area contributed by atoms with Gasteiger partial charge in [-0.25, -0.2) is 9.97 Å². The van der Waals surface area contributed by atoms with E-state index in [4.69, 9.17) is 9.97 Å². The molecule has 260 valence electrons. The van der Waals surface area contributed by atoms with Crippen LogP contribution in [-0.2, 0) is 4.57 Å². The zero-order chi connectivity index (χ0) is 36.9. The van der Waals surface area contributed by atoms with Gasteiger partial charge in [0.1, 0.15) is 7.14 Å². The summed E-state index contributed by atoms with van der Waals surface area (Å²) in [4.78, 5) is 10.2. The van der Waals surface area contributed by atoms with Crippen LogP contribution in [-0.4, -0.2) is 16.6 Å². The van der Waals surface area contributed by atoms with Gasteiger partial charge in [-0.1, -0.05) is 158 Å². The van der Waals surface area contributed by atoms with E-state index < -0.39 is 7.14 Å². The predicted octanol–water partition coefficient (Wildman–Crippen LogP) is 12.6. The molecule has 8 aromatic carbocycles. The minimum atomic E-state index is -2.63. The Morgan fingerprint density at radius 1 is 0.364 bits per heavy atom. The maximum Gasteiger partial charge on any atom is 0.160 e. The monoisotopic (exact) mass is 722 g/mol. The van der Waals surface area contributed by atoms with E-state index >= 15 is 0 Å². The molecule has 1 aromatic heterocycles. The maximum atomic E-state index is 13.9. The molecule has 2 heterocycles. The Labute approximate surface area is 321 Å². The molecule has 0 saturated heterocycles. The summed E-state index contributed by atoms with van der Waals surface area (Å²) in [7, 11) is -2.63. The van der Waals surface area contributed by atoms with Crippen LogP contribution in [0.25, 0.3) is 89.2 Å². The molecule has 0 amide bonds. The van der Waals surface area contributed by atoms with E-state index in [-0.39, 0.29) is 0 Å². The molecule has 0 fully saturated rings. The molecule has 0 aliphatic carbocycles. The van der Waals surface area contributed by atoms with Gasteiger partial charge in [-0.15, -0.1) is 0 Å². The smallest absolute Gasteiger partial charge is 0.160 e. The SMILES string of the molecule is CP1(=O)c2ccccc2-c2cc(-c3cc(-c4ccc(-c5cc(-c6cccc(-c7ccccc7)c6)nc(-c6ccccc6)n5)cc4)c4ccccc4c3)ccc21. The molecule has 1 atom stereocenters. The van der Waals surface area contributed by atoms with E-state index in [0.29, 0.717) is 5.82 Å². The first kappa shape index (κ1) is 32.9. The van der Waals surface area contributed by atoms with Crippen molar-refractivity contribution in [2.45, 2.75) is 0 Å². The molecule has 1 aliphatic rings. The van der Waals surface area contributed by atoms with Gasteiger partial charge in [-0.3, -0.25) is 0 Å². The van der Waals surface area contributed by atoms with E-state index in [1.54, 1.807) is 0 Å². The van der Waals surface area contributed by atoms with E-state index in [2.05, 4.69) is 152 Å². The van der Waals surface area contributed by atoms with Crippen LogP contribution in [0.5, 0.6) is 0 Å². The quantitative estimate of drug-likeness (QED) is 0.161. The van der Waals surface area contributed by atoms with Crippen molar-refractivity contribution in [2.24, 2.45) is 0 Å². The largest absolute Gasteiger partial charge is 0.314 e. The normalized spacial score (nSPS) is 14.4. The number of fused-ring (bicyclic) bond motifs is 4. The lowest BCUT2D eigenvalue weighted by atomic mass is 9.91. The van der Waals surface area contributed by atoms with Gasteiger partial charge in [0.25, 0.3) is 0 Å². The Hall–Kier alpha value is -6.67. The molecule has 0 N–H and O–H groups in total. The zero-order valence-electron chi connectivity index (χ0n) is 30.2. The third kappa shape index (κ3) is 5.91. The highest BCUT2D eigenvalue weighted by molar-refractivity contribution is 7.79. The second kappa shape index (κ2) is 13.3. The molecule has 1 unspecified atom stereocenters. The van der Waals surface area contributed by atoms with Crippen molar-refractivity contribution < 1.29 is 4.57 Å². The molecule has 0 spiro atoms. The summed E-state index contributed by atoms with van der Waals surface area (Å²) >= 11 is 0. The van der Waals surface area contributed by atoms with Gasteiger partial charge < -0.3 is 4.57 Å². The summed E-state index contributed by atoms with van der Waals surface area (Å²) in [6.07, 6.45) is 0. The highest BCUT2D eigenvalue weighted by Crippen LogP contribution is 2.50. The van der Waals surface area contributed by atoms with Crippen molar-refractivity contribution in [1.29, 1.82) is 0 Å². The van der Waals surface area contributed by atoms with E-state index in [1.807, 2.05) is 49.1 Å². The van der Waals surface area contributed by atoms with Crippen molar-refractivity contribution in [3.63, 3.8) is 0 Å². The van der Waals surface area contributed by atoms with Crippen LogP contribution < -0.4 is 10.6 Å². The average molecular weight is 723 g/mol. The standard InChI is InChI=1S/C51H35N2OP/c1-55(54)49-22-11-10-21-44(49)46-31-39(27-28-50(46)55)42-30-40-17-8-9-20-43(40)45(32-42)35-23-25-36(26-24-35)47-33-48(53-51(52-47)37-15-6-3-7-16-37)41-19-12-18-38(29-41)34-13-4-2-5-14-34/h2-33H,1H3. The molecular weight excluding hydrogens is 688 g/mol. The molecule has 4 heteroatoms. The highest BCUT2D eigenvalue weighted by atomic mass is 31.2. The van der Waals surface area contributed by atoms with Crippen LogP contribution in [0.3, 0.4) is 0 Å². The lowest BCUT2D eigenvalue weighted by molar-refractivity contribution is 0.591. The molecule has 10 rings (SSSR count). The Kier molecular flexibility index (Phi) is 7.98. The summed E-state index contributed by atoms with van der Waals surface area (Å²) in [6, 6.07) is 67.7. The van der Waals surface area contributed by atoms with Gasteiger partial charge in [0.05, 0.1) is 11.4 Å². The first-order chi connectivity index (χ1) is 27.0. The third-order valence-corrected chi connectivity index (χ3v) is 13.4. The Balaban J connectivity index is 1.06. The van der Waals surface area contributed by atoms with Crippen LogP contribution >= 0.6 is 7.14 Å². The summed E-state index contributed by atoms with van der Waals surface area (Å²) in [5, 5.41) is 4.26. The van der Waals surface area contributed by atoms with E-state index in [0.717, 1.165) is 77.6 Å². The minimum absolute atomic E-state index is 0.692. The van der Waals surface area contributed by atoms with Gasteiger partial charge in [0, 0.05) is 27.3 Å². The fourth-order valence-electron chi connectivity index (χ4n) is 7.99. The second-order valence-corrected chi connectivity index (χ2v) is 17.1. The van der Waals surface area contributed by atoms with E-state index in [1.165, 1.54) is 16.3 Å². The van der Waals surface area contributed by atoms with Crippen LogP contribution in [0, 0.1) is 0 Å². The lowest BCUT2D eigenvalue weighted by Gasteiger charge is -2.14. The zero-order valence-corrected chi connectivity index (χ0v) is 31.1. The van der Waals surface area contributed by atoms with E-state index in [9.17, 15) is 4.57 Å². The number of nitrogens with zero attached hydrogens (tertiary/aromatic N) is 2. The number of hydrogen-bond acceptors (Lipinski definition) is 3. The van der Waals surface area contributed by atoms with Crippen LogP contribution in [0.15, 0.2) is 194 Å². The summed E-state index contributed by atoms with van der Waals surface area (Å²) < 4.78 is 13.9. The molecule has 1 aliphatic heterocycles. The molecule has 0 bridgehead atoms. The Morgan fingerprint density at radius 2 is 0.927 bits per heavy atom. The van der Waals surface area contributed by atoms with Crippen LogP contribution in [0.1, 0.15) is 0 Å². The first-order valence-corrected chi connectivity index (χ1v) is 20.7. The molecular formula is C51H35N2OP. The summed E-state index contributed by atoms with van der Waals surface area (Å²) in [6.45, 7) is 1.89. The lowest BCUT2D eigenvalue weighted by Crippen LogP contribution is -2.07. The van der Waals surface area contributed by atoms with Crippen molar-refractivity contribution in [3.05, 3.63) is 194 Å². The average Bonchev–Trinajstić information content (AvgIpc) is 3.49. The van der Waals surface area contributed by atoms with Gasteiger partial charge in [0.2, 0.25) is 0 Å². The molecule has 55 heavy (non-hydrogen) atoms. The van der Waals surface area contributed by atoms with Gasteiger partial charge in [-0.05, 0) is 98.3 Å². The molecule has 3 nitrogen and oxygen atoms in total. The van der Waals surface area contributed by atoms with Crippen molar-refractivity contribution in [2.75, 3.05) is 6.66 Å². The molecule has 9 aromatic rings. The predicted molar refractivity (Wildman–Crippen MR) is 230 cm³/mol. The Morgan fingerprint density at radius 3 is 1.73 bits per heavy atom. The summed E-state index contributed by atoms with van der Waals surface area (Å²) in [5.41, 5.74) is 13.8. The summed E-state index contributed by atoms with van der Waals surface area (Å²) in [5.74, 6) is 0.692. The van der Waals surface area contributed by atoms with Gasteiger partial charge >= 0.3 is 0 Å². The first-order valence-electron chi connectivity index (χ1n) is 18.6. The van der Waals surface area contributed by atoms with Gasteiger partial charge in [0.15, 0.2) is 5.82 Å². The maximum absolute atomic E-state index is 13.9. The number of hydrogen-bond donors (Lipinski definition) is 0. The van der Waals surface area contributed by atoms with Crippen molar-refractivity contribution in [1.82, 2.24) is 9.97 Å². The number of aromatic nitrogens is 2. The minimum Gasteiger partial charge on any atom is -0.314 e. The fourth-order valence-corrected chi connectivity index (χ4v) is 10.3. The van der Waals surface area contributed by atoms with Crippen molar-refractivity contribution >= 4 is 28.5 Å². The fraction of sp³-hybridized carbons (Fsp3) is 0.0196. The Bertz CT molecular complexity index is 2960. The molecule has 0 saturated carbocycles. The second-order valence-electron chi connectivity index (χ2n) is 14.3. The topological polar surface area (TPSA) is 42.9 Å².